The van der Waals surface area contributed by atoms with Gasteiger partial charge in [0.05, 0.1) is 0 Å². The van der Waals surface area contributed by atoms with Crippen LogP contribution in [0.3, 0.4) is 0 Å². The van der Waals surface area contributed by atoms with Crippen molar-refractivity contribution in [2.75, 3.05) is 13.1 Å². The summed E-state index contributed by atoms with van der Waals surface area (Å²) in [5.74, 6) is -0.117. The summed E-state index contributed by atoms with van der Waals surface area (Å²) in [6, 6.07) is 0. The van der Waals surface area contributed by atoms with Crippen molar-refractivity contribution in [3.8, 4) is 0 Å². The number of Topliss-reactive ketones (excluding diaryl/α,β-unsaturated/α-hetero) is 1. The molecule has 0 saturated carbocycles. The summed E-state index contributed by atoms with van der Waals surface area (Å²) < 4.78 is 0. The van der Waals surface area contributed by atoms with Gasteiger partial charge >= 0.3 is 0 Å². The smallest absolute Gasteiger partial charge is 0.219 e. The number of piperidine rings is 1. The molecule has 1 heterocycles. The van der Waals surface area contributed by atoms with Crippen molar-refractivity contribution in [3.63, 3.8) is 0 Å². The highest BCUT2D eigenvalue weighted by atomic mass is 16.3. The lowest BCUT2D eigenvalue weighted by atomic mass is 9.75. The molecule has 0 aliphatic carbocycles. The fraction of sp³-hybridized carbons (Fsp3) is 0.833. The van der Waals surface area contributed by atoms with Crippen molar-refractivity contribution in [3.05, 3.63) is 0 Å². The van der Waals surface area contributed by atoms with Crippen LogP contribution in [-0.4, -0.2) is 40.4 Å². The molecule has 1 aliphatic heterocycles. The Morgan fingerprint density at radius 2 is 1.62 bits per heavy atom. The van der Waals surface area contributed by atoms with Gasteiger partial charge in [0, 0.05) is 38.3 Å². The van der Waals surface area contributed by atoms with Crippen LogP contribution in [0.15, 0.2) is 0 Å². The fourth-order valence-corrected chi connectivity index (χ4v) is 2.12. The summed E-state index contributed by atoms with van der Waals surface area (Å²) in [5, 5.41) is 10.3. The molecule has 0 atom stereocenters. The highest BCUT2D eigenvalue weighted by Crippen LogP contribution is 2.31. The summed E-state index contributed by atoms with van der Waals surface area (Å²) in [5.41, 5.74) is -1.78. The monoisotopic (exact) mass is 227 g/mol. The van der Waals surface area contributed by atoms with E-state index in [4.69, 9.17) is 0 Å². The molecule has 0 aromatic carbocycles. The third-order valence-electron chi connectivity index (χ3n) is 3.14. The lowest BCUT2D eigenvalue weighted by molar-refractivity contribution is -0.153. The molecular formula is C12H21NO3. The summed E-state index contributed by atoms with van der Waals surface area (Å²) in [6.45, 7) is 7.87. The highest BCUT2D eigenvalue weighted by Gasteiger charge is 2.44. The zero-order valence-corrected chi connectivity index (χ0v) is 10.5. The Morgan fingerprint density at radius 3 is 1.94 bits per heavy atom. The maximum Gasteiger partial charge on any atom is 0.219 e. The maximum absolute atomic E-state index is 12.1. The number of carbonyl (C=O) groups excluding carboxylic acids is 2. The lowest BCUT2D eigenvalue weighted by Crippen LogP contribution is -2.53. The Labute approximate surface area is 96.6 Å². The van der Waals surface area contributed by atoms with Crippen LogP contribution >= 0.6 is 0 Å². The van der Waals surface area contributed by atoms with E-state index >= 15 is 0 Å². The van der Waals surface area contributed by atoms with E-state index < -0.39 is 11.0 Å². The molecule has 0 bridgehead atoms. The molecule has 1 N–H and O–H groups in total. The fourth-order valence-electron chi connectivity index (χ4n) is 2.12. The second-order valence-corrected chi connectivity index (χ2v) is 5.62. The van der Waals surface area contributed by atoms with E-state index in [0.717, 1.165) is 0 Å². The third-order valence-corrected chi connectivity index (χ3v) is 3.14. The Hall–Kier alpha value is -0.900. The van der Waals surface area contributed by atoms with E-state index in [9.17, 15) is 14.7 Å². The molecule has 1 fully saturated rings. The number of ketones is 1. The second kappa shape index (κ2) is 4.17. The molecule has 0 spiro atoms. The van der Waals surface area contributed by atoms with Gasteiger partial charge in [-0.25, -0.2) is 0 Å². The first-order valence-electron chi connectivity index (χ1n) is 5.70. The van der Waals surface area contributed by atoms with Gasteiger partial charge in [-0.1, -0.05) is 20.8 Å². The largest absolute Gasteiger partial charge is 0.382 e. The SMILES string of the molecule is CC(=O)N1CCC(O)(C(=O)C(C)(C)C)CC1. The van der Waals surface area contributed by atoms with Crippen molar-refractivity contribution in [2.24, 2.45) is 5.41 Å². The van der Waals surface area contributed by atoms with Crippen molar-refractivity contribution >= 4 is 11.7 Å². The topological polar surface area (TPSA) is 57.6 Å². The van der Waals surface area contributed by atoms with E-state index in [1.165, 1.54) is 6.92 Å². The molecule has 0 radical (unpaired) electrons. The summed E-state index contributed by atoms with van der Waals surface area (Å²) in [4.78, 5) is 24.9. The van der Waals surface area contributed by atoms with Crippen LogP contribution in [0.2, 0.25) is 0 Å². The van der Waals surface area contributed by atoms with Crippen LogP contribution in [0.4, 0.5) is 0 Å². The van der Waals surface area contributed by atoms with E-state index in [1.54, 1.807) is 4.90 Å². The molecule has 0 unspecified atom stereocenters. The number of aliphatic hydroxyl groups is 1. The van der Waals surface area contributed by atoms with Gasteiger partial charge in [0.25, 0.3) is 0 Å². The van der Waals surface area contributed by atoms with Crippen molar-refractivity contribution in [1.82, 2.24) is 4.90 Å². The Morgan fingerprint density at radius 1 is 1.19 bits per heavy atom. The first kappa shape index (κ1) is 13.2. The average Bonchev–Trinajstić information content (AvgIpc) is 2.16. The van der Waals surface area contributed by atoms with Crippen molar-refractivity contribution < 1.29 is 14.7 Å². The number of carbonyl (C=O) groups is 2. The van der Waals surface area contributed by atoms with Crippen LogP contribution < -0.4 is 0 Å². The molecule has 0 aromatic heterocycles. The molecule has 0 aromatic rings. The highest BCUT2D eigenvalue weighted by molar-refractivity contribution is 5.91. The minimum Gasteiger partial charge on any atom is -0.382 e. The summed E-state index contributed by atoms with van der Waals surface area (Å²) in [7, 11) is 0. The number of likely N-dealkylation sites (tertiary alicyclic amines) is 1. The molecule has 4 nitrogen and oxygen atoms in total. The molecule has 1 amide bonds. The van der Waals surface area contributed by atoms with Gasteiger partial charge in [-0.3, -0.25) is 9.59 Å². The predicted octanol–water partition coefficient (Wildman–Crippen LogP) is 0.975. The van der Waals surface area contributed by atoms with Crippen LogP contribution in [0.25, 0.3) is 0 Å². The summed E-state index contributed by atoms with van der Waals surface area (Å²) in [6.07, 6.45) is 0.700. The second-order valence-electron chi connectivity index (χ2n) is 5.62. The van der Waals surface area contributed by atoms with Crippen LogP contribution in [0, 0.1) is 5.41 Å². The predicted molar refractivity (Wildman–Crippen MR) is 60.9 cm³/mol. The molecule has 1 saturated heterocycles. The zero-order chi connectivity index (χ0) is 12.6. The first-order valence-corrected chi connectivity index (χ1v) is 5.70. The number of rotatable bonds is 1. The average molecular weight is 227 g/mol. The number of amides is 1. The van der Waals surface area contributed by atoms with Crippen molar-refractivity contribution in [2.45, 2.75) is 46.1 Å². The van der Waals surface area contributed by atoms with Gasteiger partial charge in [0.1, 0.15) is 5.60 Å². The molecule has 16 heavy (non-hydrogen) atoms. The van der Waals surface area contributed by atoms with Crippen LogP contribution in [-0.2, 0) is 9.59 Å². The van der Waals surface area contributed by atoms with Crippen LogP contribution in [0.1, 0.15) is 40.5 Å². The van der Waals surface area contributed by atoms with E-state index in [-0.39, 0.29) is 11.7 Å². The third kappa shape index (κ3) is 2.61. The molecule has 4 heteroatoms. The van der Waals surface area contributed by atoms with Gasteiger partial charge in [0.2, 0.25) is 5.91 Å². The quantitative estimate of drug-likeness (QED) is 0.726. The van der Waals surface area contributed by atoms with E-state index in [2.05, 4.69) is 0 Å². The molecular weight excluding hydrogens is 206 g/mol. The van der Waals surface area contributed by atoms with Crippen molar-refractivity contribution in [1.29, 1.82) is 0 Å². The van der Waals surface area contributed by atoms with Gasteiger partial charge < -0.3 is 10.0 Å². The Bertz CT molecular complexity index is 296. The van der Waals surface area contributed by atoms with Gasteiger partial charge in [0.15, 0.2) is 5.78 Å². The van der Waals surface area contributed by atoms with E-state index in [0.29, 0.717) is 25.9 Å². The summed E-state index contributed by atoms with van der Waals surface area (Å²) >= 11 is 0. The zero-order valence-electron chi connectivity index (χ0n) is 10.5. The molecule has 1 aliphatic rings. The van der Waals surface area contributed by atoms with Gasteiger partial charge in [-0.2, -0.15) is 0 Å². The standard InChI is InChI=1S/C12H21NO3/c1-9(14)13-7-5-12(16,6-8-13)10(15)11(2,3)4/h16H,5-8H2,1-4H3. The van der Waals surface area contributed by atoms with E-state index in [1.807, 2.05) is 20.8 Å². The minimum atomic E-state index is -1.25. The number of nitrogens with zero attached hydrogens (tertiary/aromatic N) is 1. The lowest BCUT2D eigenvalue weighted by Gasteiger charge is -2.39. The maximum atomic E-state index is 12.1. The number of hydrogen-bond acceptors (Lipinski definition) is 3. The Balaban J connectivity index is 2.70. The van der Waals surface area contributed by atoms with Crippen LogP contribution in [0.5, 0.6) is 0 Å². The number of hydrogen-bond donors (Lipinski definition) is 1. The van der Waals surface area contributed by atoms with Gasteiger partial charge in [-0.15, -0.1) is 0 Å². The minimum absolute atomic E-state index is 0.00487. The molecule has 92 valence electrons. The molecule has 1 rings (SSSR count). The first-order chi connectivity index (χ1) is 7.17. The normalized spacial score (nSPS) is 20.7. The Kier molecular flexibility index (Phi) is 3.43. The van der Waals surface area contributed by atoms with Gasteiger partial charge in [-0.05, 0) is 0 Å².